The Hall–Kier alpha value is -2.21. The number of carbonyl (C=O) groups excluding carboxylic acids is 1. The molecule has 0 fully saturated rings. The van der Waals surface area contributed by atoms with Gasteiger partial charge >= 0.3 is 0 Å². The van der Waals surface area contributed by atoms with Crippen LogP contribution in [-0.4, -0.2) is 23.0 Å². The Kier molecular flexibility index (Phi) is 4.09. The first-order valence-corrected chi connectivity index (χ1v) is 6.52. The van der Waals surface area contributed by atoms with Gasteiger partial charge in [-0.05, 0) is 31.5 Å². The topological polar surface area (TPSA) is 72.4 Å². The quantitative estimate of drug-likeness (QED) is 0.938. The Labute approximate surface area is 122 Å². The first kappa shape index (κ1) is 15.2. The van der Waals surface area contributed by atoms with Crippen molar-refractivity contribution >= 4 is 5.91 Å². The molecule has 0 unspecified atom stereocenters. The van der Waals surface area contributed by atoms with E-state index < -0.39 is 5.54 Å². The molecule has 2 aromatic rings. The number of carbonyl (C=O) groups is 1. The van der Waals surface area contributed by atoms with Gasteiger partial charge in [0.25, 0.3) is 5.91 Å². The molecule has 2 rings (SSSR count). The van der Waals surface area contributed by atoms with Crippen molar-refractivity contribution in [1.82, 2.24) is 10.1 Å². The number of nitrogens with two attached hydrogens (primary N) is 1. The van der Waals surface area contributed by atoms with Crippen LogP contribution in [0.1, 0.15) is 35.5 Å². The van der Waals surface area contributed by atoms with Gasteiger partial charge in [-0.1, -0.05) is 17.3 Å². The number of hydrogen-bond acceptors (Lipinski definition) is 4. The average molecular weight is 291 g/mol. The summed E-state index contributed by atoms with van der Waals surface area (Å²) >= 11 is 0. The second-order valence-electron chi connectivity index (χ2n) is 5.59. The molecule has 0 aliphatic rings. The van der Waals surface area contributed by atoms with E-state index >= 15 is 0 Å². The number of rotatable bonds is 4. The molecule has 1 amide bonds. The van der Waals surface area contributed by atoms with E-state index in [2.05, 4.69) is 5.16 Å². The van der Waals surface area contributed by atoms with E-state index in [1.54, 1.807) is 33.0 Å². The van der Waals surface area contributed by atoms with Gasteiger partial charge in [0.1, 0.15) is 23.3 Å². The molecule has 0 saturated carbocycles. The van der Waals surface area contributed by atoms with Gasteiger partial charge in [0.05, 0.1) is 5.54 Å². The highest BCUT2D eigenvalue weighted by Crippen LogP contribution is 2.21. The fourth-order valence-corrected chi connectivity index (χ4v) is 2.04. The third-order valence-electron chi connectivity index (χ3n) is 3.07. The van der Waals surface area contributed by atoms with Crippen LogP contribution < -0.4 is 5.73 Å². The maximum Gasteiger partial charge on any atom is 0.259 e. The molecule has 0 saturated heterocycles. The lowest BCUT2D eigenvalue weighted by molar-refractivity contribution is 0.0782. The van der Waals surface area contributed by atoms with E-state index in [1.807, 2.05) is 0 Å². The van der Waals surface area contributed by atoms with Crippen molar-refractivity contribution in [2.75, 3.05) is 7.05 Å². The number of amides is 1. The van der Waals surface area contributed by atoms with Crippen LogP contribution in [0.5, 0.6) is 0 Å². The molecular weight excluding hydrogens is 273 g/mol. The number of aromatic nitrogens is 1. The molecule has 0 aliphatic carbocycles. The van der Waals surface area contributed by atoms with Crippen molar-refractivity contribution in [3.05, 3.63) is 53.2 Å². The van der Waals surface area contributed by atoms with Crippen LogP contribution in [-0.2, 0) is 12.1 Å². The summed E-state index contributed by atoms with van der Waals surface area (Å²) in [6, 6.07) is 6.12. The summed E-state index contributed by atoms with van der Waals surface area (Å²) in [4.78, 5) is 13.9. The standard InChI is InChI=1S/C15H18FN3O2/c1-15(2,17)13-12(9-21-18-13)14(20)19(3)8-10-5-4-6-11(16)7-10/h4-7,9H,8,17H2,1-3H3. The van der Waals surface area contributed by atoms with Gasteiger partial charge in [-0.25, -0.2) is 4.39 Å². The molecule has 1 aromatic carbocycles. The molecule has 2 N–H and O–H groups in total. The van der Waals surface area contributed by atoms with Crippen molar-refractivity contribution in [1.29, 1.82) is 0 Å². The summed E-state index contributed by atoms with van der Waals surface area (Å²) < 4.78 is 18.0. The summed E-state index contributed by atoms with van der Waals surface area (Å²) in [5.74, 6) is -0.601. The molecule has 0 aliphatic heterocycles. The minimum atomic E-state index is -0.780. The minimum Gasteiger partial charge on any atom is -0.364 e. The number of nitrogens with zero attached hydrogens (tertiary/aromatic N) is 2. The largest absolute Gasteiger partial charge is 0.364 e. The molecule has 0 bridgehead atoms. The summed E-state index contributed by atoms with van der Waals surface area (Å²) in [7, 11) is 1.63. The van der Waals surface area contributed by atoms with Gasteiger partial charge in [0, 0.05) is 13.6 Å². The van der Waals surface area contributed by atoms with Crippen LogP contribution in [0.25, 0.3) is 0 Å². The lowest BCUT2D eigenvalue weighted by Gasteiger charge is -2.20. The Bertz CT molecular complexity index is 646. The number of halogens is 1. The Morgan fingerprint density at radius 3 is 2.81 bits per heavy atom. The zero-order valence-corrected chi connectivity index (χ0v) is 12.3. The predicted molar refractivity (Wildman–Crippen MR) is 75.9 cm³/mol. The van der Waals surface area contributed by atoms with Crippen molar-refractivity contribution < 1.29 is 13.7 Å². The predicted octanol–water partition coefficient (Wildman–Crippen LogP) is 2.28. The van der Waals surface area contributed by atoms with Crippen LogP contribution in [0, 0.1) is 5.82 Å². The van der Waals surface area contributed by atoms with Crippen LogP contribution in [0.15, 0.2) is 35.1 Å². The fourth-order valence-electron chi connectivity index (χ4n) is 2.04. The third kappa shape index (κ3) is 3.46. The summed E-state index contributed by atoms with van der Waals surface area (Å²) in [5.41, 5.74) is 6.62. The smallest absolute Gasteiger partial charge is 0.259 e. The molecule has 6 heteroatoms. The SMILES string of the molecule is CN(Cc1cccc(F)c1)C(=O)c1conc1C(C)(C)N. The van der Waals surface area contributed by atoms with Gasteiger partial charge in [-0.3, -0.25) is 4.79 Å². The van der Waals surface area contributed by atoms with Crippen molar-refractivity contribution in [2.45, 2.75) is 25.9 Å². The molecule has 112 valence electrons. The van der Waals surface area contributed by atoms with Crippen LogP contribution >= 0.6 is 0 Å². The van der Waals surface area contributed by atoms with E-state index in [1.165, 1.54) is 23.3 Å². The molecule has 21 heavy (non-hydrogen) atoms. The minimum absolute atomic E-state index is 0.269. The summed E-state index contributed by atoms with van der Waals surface area (Å²) in [6.07, 6.45) is 1.29. The average Bonchev–Trinajstić information content (AvgIpc) is 2.86. The number of benzene rings is 1. The zero-order valence-electron chi connectivity index (χ0n) is 12.3. The van der Waals surface area contributed by atoms with Crippen LogP contribution in [0.2, 0.25) is 0 Å². The maximum absolute atomic E-state index is 13.2. The molecule has 1 aromatic heterocycles. The highest BCUT2D eigenvalue weighted by Gasteiger charge is 2.28. The second-order valence-corrected chi connectivity index (χ2v) is 5.59. The first-order chi connectivity index (χ1) is 9.79. The summed E-state index contributed by atoms with van der Waals surface area (Å²) in [6.45, 7) is 3.77. The second kappa shape index (κ2) is 5.65. The first-order valence-electron chi connectivity index (χ1n) is 6.52. The van der Waals surface area contributed by atoms with Gasteiger partial charge < -0.3 is 15.2 Å². The monoisotopic (exact) mass is 291 g/mol. The summed E-state index contributed by atoms with van der Waals surface area (Å²) in [5, 5.41) is 3.80. The lowest BCUT2D eigenvalue weighted by atomic mass is 9.98. The van der Waals surface area contributed by atoms with Crippen molar-refractivity contribution in [2.24, 2.45) is 5.73 Å². The van der Waals surface area contributed by atoms with Crippen LogP contribution in [0.3, 0.4) is 0 Å². The normalized spacial score (nSPS) is 11.5. The van der Waals surface area contributed by atoms with E-state index in [4.69, 9.17) is 10.3 Å². The highest BCUT2D eigenvalue weighted by atomic mass is 19.1. The Morgan fingerprint density at radius 1 is 1.48 bits per heavy atom. The van der Waals surface area contributed by atoms with Gasteiger partial charge in [-0.2, -0.15) is 0 Å². The van der Waals surface area contributed by atoms with E-state index in [9.17, 15) is 9.18 Å². The molecule has 1 heterocycles. The van der Waals surface area contributed by atoms with E-state index in [0.717, 1.165) is 0 Å². The Balaban J connectivity index is 2.19. The third-order valence-corrected chi connectivity index (χ3v) is 3.07. The lowest BCUT2D eigenvalue weighted by Crippen LogP contribution is -2.34. The van der Waals surface area contributed by atoms with Crippen molar-refractivity contribution in [3.8, 4) is 0 Å². The molecule has 5 nitrogen and oxygen atoms in total. The van der Waals surface area contributed by atoms with E-state index in [-0.39, 0.29) is 18.3 Å². The van der Waals surface area contributed by atoms with Gasteiger partial charge in [-0.15, -0.1) is 0 Å². The van der Waals surface area contributed by atoms with Crippen molar-refractivity contribution in [3.63, 3.8) is 0 Å². The number of hydrogen-bond donors (Lipinski definition) is 1. The van der Waals surface area contributed by atoms with Gasteiger partial charge in [0.15, 0.2) is 0 Å². The molecular formula is C15H18FN3O2. The zero-order chi connectivity index (χ0) is 15.6. The molecule has 0 atom stereocenters. The maximum atomic E-state index is 13.2. The Morgan fingerprint density at radius 2 is 2.19 bits per heavy atom. The van der Waals surface area contributed by atoms with Crippen LogP contribution in [0.4, 0.5) is 4.39 Å². The van der Waals surface area contributed by atoms with Gasteiger partial charge in [0.2, 0.25) is 0 Å². The van der Waals surface area contributed by atoms with E-state index in [0.29, 0.717) is 16.8 Å². The fraction of sp³-hybridized carbons (Fsp3) is 0.333. The highest BCUT2D eigenvalue weighted by molar-refractivity contribution is 5.95. The molecule has 0 spiro atoms. The molecule has 0 radical (unpaired) electrons.